The predicted octanol–water partition coefficient (Wildman–Crippen LogP) is 2.52. The van der Waals surface area contributed by atoms with Gasteiger partial charge in [-0.25, -0.2) is 20.8 Å². The Morgan fingerprint density at radius 3 is 2.74 bits per heavy atom. The van der Waals surface area contributed by atoms with Gasteiger partial charge in [0.15, 0.2) is 0 Å². The number of carbonyl (C=O) groups is 1. The lowest BCUT2D eigenvalue weighted by Gasteiger charge is -2.23. The van der Waals surface area contributed by atoms with E-state index < -0.39 is 0 Å². The van der Waals surface area contributed by atoms with Gasteiger partial charge in [0.2, 0.25) is 5.88 Å². The van der Waals surface area contributed by atoms with Gasteiger partial charge in [0.05, 0.1) is 29.6 Å². The minimum absolute atomic E-state index is 0.00199. The molecule has 0 saturated heterocycles. The lowest BCUT2D eigenvalue weighted by atomic mass is 9.96. The Morgan fingerprint density at radius 2 is 2.00 bits per heavy atom. The SMILES string of the molecule is CNC(=O)c1ccnc2c(C(C)CN(N)c3cc(-c4cnc(OC)c(N)c4)ncn3)cccc12. The summed E-state index contributed by atoms with van der Waals surface area (Å²) < 4.78 is 5.12. The fourth-order valence-electron chi connectivity index (χ4n) is 3.86. The van der Waals surface area contributed by atoms with Gasteiger partial charge in [-0.05, 0) is 17.7 Å². The van der Waals surface area contributed by atoms with E-state index in [4.69, 9.17) is 16.3 Å². The number of methoxy groups -OCH3 is 1. The molecule has 0 aliphatic carbocycles. The van der Waals surface area contributed by atoms with Gasteiger partial charge in [0.25, 0.3) is 5.91 Å². The molecule has 3 aromatic heterocycles. The minimum atomic E-state index is -0.153. The average Bonchev–Trinajstić information content (AvgIpc) is 2.87. The number of hydrogen-bond donors (Lipinski definition) is 3. The maximum Gasteiger partial charge on any atom is 0.251 e. The molecule has 10 heteroatoms. The van der Waals surface area contributed by atoms with E-state index >= 15 is 0 Å². The van der Waals surface area contributed by atoms with Crippen LogP contribution in [0.4, 0.5) is 11.5 Å². The largest absolute Gasteiger partial charge is 0.480 e. The Kier molecular flexibility index (Phi) is 6.51. The van der Waals surface area contributed by atoms with Crippen LogP contribution >= 0.6 is 0 Å². The number of fused-ring (bicyclic) bond motifs is 1. The first-order valence-corrected chi connectivity index (χ1v) is 10.7. The molecule has 5 N–H and O–H groups in total. The summed E-state index contributed by atoms with van der Waals surface area (Å²) in [7, 11) is 3.12. The molecule has 0 aliphatic rings. The smallest absolute Gasteiger partial charge is 0.251 e. The number of nitrogens with two attached hydrogens (primary N) is 2. The van der Waals surface area contributed by atoms with Crippen molar-refractivity contribution in [2.24, 2.45) is 5.84 Å². The van der Waals surface area contributed by atoms with Gasteiger partial charge in [-0.15, -0.1) is 0 Å². The number of nitrogens with zero attached hydrogens (tertiary/aromatic N) is 5. The van der Waals surface area contributed by atoms with E-state index in [1.807, 2.05) is 18.2 Å². The van der Waals surface area contributed by atoms with Gasteiger partial charge >= 0.3 is 0 Å². The number of nitrogens with one attached hydrogen (secondary N) is 1. The molecule has 0 fully saturated rings. The molecule has 0 aliphatic heterocycles. The summed E-state index contributed by atoms with van der Waals surface area (Å²) in [5.74, 6) is 7.15. The molecular formula is C24H26N8O2. The van der Waals surface area contributed by atoms with Crippen LogP contribution in [0.2, 0.25) is 0 Å². The highest BCUT2D eigenvalue weighted by Gasteiger charge is 2.18. The molecule has 1 aromatic carbocycles. The Bertz CT molecular complexity index is 1340. The standard InChI is InChI=1S/C24H26N8O2/c1-14(16-5-4-6-17-18(23(33)27-2)7-8-28-22(16)17)12-32(26)21-10-20(30-13-31-21)15-9-19(25)24(34-3)29-11-15/h4-11,13-14H,12,25-26H2,1-3H3,(H,27,33). The summed E-state index contributed by atoms with van der Waals surface area (Å²) in [6.45, 7) is 2.52. The summed E-state index contributed by atoms with van der Waals surface area (Å²) in [4.78, 5) is 29.7. The van der Waals surface area contributed by atoms with Crippen molar-refractivity contribution in [2.75, 3.05) is 31.4 Å². The van der Waals surface area contributed by atoms with Gasteiger partial charge in [-0.2, -0.15) is 0 Å². The molecule has 34 heavy (non-hydrogen) atoms. The molecule has 1 amide bonds. The second-order valence-electron chi connectivity index (χ2n) is 7.82. The summed E-state index contributed by atoms with van der Waals surface area (Å²) >= 11 is 0. The maximum atomic E-state index is 12.3. The summed E-state index contributed by atoms with van der Waals surface area (Å²) in [6.07, 6.45) is 4.73. The third-order valence-electron chi connectivity index (χ3n) is 5.59. The zero-order valence-corrected chi connectivity index (χ0v) is 19.2. The Labute approximate surface area is 197 Å². The van der Waals surface area contributed by atoms with Crippen LogP contribution in [0.3, 0.4) is 0 Å². The van der Waals surface area contributed by atoms with E-state index in [0.717, 1.165) is 22.0 Å². The maximum absolute atomic E-state index is 12.3. The van der Waals surface area contributed by atoms with Crippen LogP contribution in [0.5, 0.6) is 5.88 Å². The van der Waals surface area contributed by atoms with E-state index in [1.54, 1.807) is 42.6 Å². The lowest BCUT2D eigenvalue weighted by Crippen LogP contribution is -2.35. The number of rotatable bonds is 7. The molecule has 0 bridgehead atoms. The monoisotopic (exact) mass is 458 g/mol. The first kappa shape index (κ1) is 22.9. The molecule has 174 valence electrons. The van der Waals surface area contributed by atoms with Crippen molar-refractivity contribution in [3.8, 4) is 17.1 Å². The van der Waals surface area contributed by atoms with Gasteiger partial charge in [-0.3, -0.25) is 14.8 Å². The van der Waals surface area contributed by atoms with Crippen LogP contribution in [-0.2, 0) is 0 Å². The Hall–Kier alpha value is -4.31. The average molecular weight is 459 g/mol. The first-order valence-electron chi connectivity index (χ1n) is 10.7. The highest BCUT2D eigenvalue weighted by molar-refractivity contribution is 6.06. The van der Waals surface area contributed by atoms with Crippen LogP contribution in [0.1, 0.15) is 28.8 Å². The van der Waals surface area contributed by atoms with Crippen LogP contribution in [0.25, 0.3) is 22.2 Å². The third kappa shape index (κ3) is 4.44. The minimum Gasteiger partial charge on any atom is -0.480 e. The number of hydrogen-bond acceptors (Lipinski definition) is 9. The van der Waals surface area contributed by atoms with Crippen LogP contribution in [0.15, 0.2) is 55.1 Å². The van der Waals surface area contributed by atoms with Gasteiger partial charge in [0.1, 0.15) is 12.1 Å². The number of amides is 1. The molecule has 0 saturated carbocycles. The Morgan fingerprint density at radius 1 is 1.18 bits per heavy atom. The number of benzene rings is 1. The van der Waals surface area contributed by atoms with Gasteiger partial charge in [0, 0.05) is 48.9 Å². The molecule has 1 atom stereocenters. The number of nitrogen functional groups attached to an aromatic ring is 1. The second kappa shape index (κ2) is 9.67. The fraction of sp³-hybridized carbons (Fsp3) is 0.208. The number of ether oxygens (including phenoxy) is 1. The van der Waals surface area contributed by atoms with Crippen molar-refractivity contribution >= 4 is 28.3 Å². The molecule has 1 unspecified atom stereocenters. The van der Waals surface area contributed by atoms with Crippen molar-refractivity contribution in [3.05, 3.63) is 66.2 Å². The number of hydrazine groups is 1. The molecule has 4 rings (SSSR count). The van der Waals surface area contributed by atoms with E-state index in [2.05, 4.69) is 32.2 Å². The predicted molar refractivity (Wildman–Crippen MR) is 131 cm³/mol. The van der Waals surface area contributed by atoms with Crippen molar-refractivity contribution in [2.45, 2.75) is 12.8 Å². The van der Waals surface area contributed by atoms with E-state index in [-0.39, 0.29) is 11.8 Å². The molecule has 3 heterocycles. The summed E-state index contributed by atoms with van der Waals surface area (Å²) in [5, 5.41) is 5.04. The lowest BCUT2D eigenvalue weighted by molar-refractivity contribution is 0.0964. The van der Waals surface area contributed by atoms with E-state index in [1.165, 1.54) is 13.4 Å². The van der Waals surface area contributed by atoms with E-state index in [9.17, 15) is 4.79 Å². The normalized spacial score (nSPS) is 11.8. The highest BCUT2D eigenvalue weighted by atomic mass is 16.5. The quantitative estimate of drug-likeness (QED) is 0.281. The van der Waals surface area contributed by atoms with Crippen molar-refractivity contribution in [1.29, 1.82) is 0 Å². The molecule has 4 aromatic rings. The topological polar surface area (TPSA) is 145 Å². The van der Waals surface area contributed by atoms with Gasteiger partial charge < -0.3 is 15.8 Å². The second-order valence-corrected chi connectivity index (χ2v) is 7.82. The van der Waals surface area contributed by atoms with Crippen LogP contribution < -0.4 is 26.6 Å². The zero-order chi connectivity index (χ0) is 24.2. The number of anilines is 2. The number of pyridine rings is 2. The number of aromatic nitrogens is 4. The molecular weight excluding hydrogens is 432 g/mol. The summed E-state index contributed by atoms with van der Waals surface area (Å²) in [6, 6.07) is 11.1. The van der Waals surface area contributed by atoms with Crippen LogP contribution in [0, 0.1) is 0 Å². The number of para-hydroxylation sites is 1. The van der Waals surface area contributed by atoms with E-state index in [0.29, 0.717) is 35.2 Å². The third-order valence-corrected chi connectivity index (χ3v) is 5.59. The molecule has 0 radical (unpaired) electrons. The first-order chi connectivity index (χ1) is 16.4. The summed E-state index contributed by atoms with van der Waals surface area (Å²) in [5.41, 5.74) is 10.1. The van der Waals surface area contributed by atoms with Crippen molar-refractivity contribution < 1.29 is 9.53 Å². The van der Waals surface area contributed by atoms with Crippen LogP contribution in [-0.4, -0.2) is 46.5 Å². The zero-order valence-electron chi connectivity index (χ0n) is 19.2. The fourth-order valence-corrected chi connectivity index (χ4v) is 3.86. The Balaban J connectivity index is 1.60. The molecule has 10 nitrogen and oxygen atoms in total. The van der Waals surface area contributed by atoms with Gasteiger partial charge in [-0.1, -0.05) is 25.1 Å². The highest BCUT2D eigenvalue weighted by Crippen LogP contribution is 2.29. The number of carbonyl (C=O) groups excluding carboxylic acids is 1. The van der Waals surface area contributed by atoms with Crippen molar-refractivity contribution in [1.82, 2.24) is 25.3 Å². The van der Waals surface area contributed by atoms with Crippen molar-refractivity contribution in [3.63, 3.8) is 0 Å². The molecule has 0 spiro atoms.